The number of thioether (sulfide) groups is 1. The van der Waals surface area contributed by atoms with E-state index in [-0.39, 0.29) is 23.4 Å². The number of aliphatic hydroxyl groups excluding tert-OH is 1. The van der Waals surface area contributed by atoms with Crippen LogP contribution in [-0.2, 0) is 9.59 Å². The Morgan fingerprint density at radius 3 is 2.21 bits per heavy atom. The van der Waals surface area contributed by atoms with Crippen molar-refractivity contribution in [1.29, 1.82) is 0 Å². The topological polar surface area (TPSA) is 82.1 Å². The predicted octanol–water partition coefficient (Wildman–Crippen LogP) is 4.03. The third kappa shape index (κ3) is 6.96. The molecule has 0 aliphatic carbocycles. The molecule has 0 saturated heterocycles. The van der Waals surface area contributed by atoms with Crippen LogP contribution in [0.25, 0.3) is 6.08 Å². The van der Waals surface area contributed by atoms with Crippen LogP contribution < -0.4 is 14.2 Å². The fraction of sp³-hybridized carbons (Fsp3) is 0.273. The number of carbonyl (C=O) groups is 2. The van der Waals surface area contributed by atoms with Gasteiger partial charge in [-0.3, -0.25) is 9.59 Å². The first-order valence-electron chi connectivity index (χ1n) is 8.99. The third-order valence-electron chi connectivity index (χ3n) is 3.77. The number of hydrogen-bond acceptors (Lipinski definition) is 7. The first-order valence-corrected chi connectivity index (χ1v) is 10.0. The Kier molecular flexibility index (Phi) is 8.76. The second-order valence-electron chi connectivity index (χ2n) is 6.01. The lowest BCUT2D eigenvalue weighted by Crippen LogP contribution is -2.08. The van der Waals surface area contributed by atoms with Crippen LogP contribution >= 0.6 is 11.8 Å². The minimum atomic E-state index is -0.534. The van der Waals surface area contributed by atoms with Crippen LogP contribution in [0.2, 0.25) is 0 Å². The molecule has 2 rings (SSSR count). The number of rotatable bonds is 9. The Labute approximate surface area is 174 Å². The van der Waals surface area contributed by atoms with Crippen molar-refractivity contribution in [1.82, 2.24) is 0 Å². The van der Waals surface area contributed by atoms with Gasteiger partial charge in [0.15, 0.2) is 11.5 Å². The maximum Gasteiger partial charge on any atom is 0.308 e. The summed E-state index contributed by atoms with van der Waals surface area (Å²) in [6.07, 6.45) is 3.84. The van der Waals surface area contributed by atoms with E-state index in [4.69, 9.17) is 14.2 Å². The van der Waals surface area contributed by atoms with E-state index in [2.05, 4.69) is 0 Å². The molecular formula is C22H24O6S. The Morgan fingerprint density at radius 2 is 1.66 bits per heavy atom. The van der Waals surface area contributed by atoms with E-state index in [1.165, 1.54) is 27.0 Å². The summed E-state index contributed by atoms with van der Waals surface area (Å²) in [6.45, 7) is 2.62. The van der Waals surface area contributed by atoms with Crippen LogP contribution in [0.1, 0.15) is 30.2 Å². The van der Waals surface area contributed by atoms with Gasteiger partial charge >= 0.3 is 11.9 Å². The standard InChI is InChI=1S/C22H24O6S/c1-15(24)27-20-13-18(19(26-3)14-21(20)28-16(2)25)9-10-22(29-12-11-23)17-7-5-4-6-8-17/h4-10,13-14,22-23H,11-12H2,1-3H3/b10-9+. The molecule has 29 heavy (non-hydrogen) atoms. The summed E-state index contributed by atoms with van der Waals surface area (Å²) in [4.78, 5) is 22.8. The van der Waals surface area contributed by atoms with E-state index in [0.717, 1.165) is 5.56 Å². The van der Waals surface area contributed by atoms with Crippen molar-refractivity contribution in [3.05, 3.63) is 59.7 Å². The van der Waals surface area contributed by atoms with Gasteiger partial charge in [-0.2, -0.15) is 0 Å². The van der Waals surface area contributed by atoms with Gasteiger partial charge in [0.25, 0.3) is 0 Å². The minimum absolute atomic E-state index is 0.0124. The zero-order valence-corrected chi connectivity index (χ0v) is 17.4. The summed E-state index contributed by atoms with van der Waals surface area (Å²) in [5.74, 6) is 0.230. The molecule has 0 aliphatic heterocycles. The van der Waals surface area contributed by atoms with Crippen molar-refractivity contribution in [3.8, 4) is 17.2 Å². The number of aliphatic hydroxyl groups is 1. The second-order valence-corrected chi connectivity index (χ2v) is 7.26. The fourth-order valence-corrected chi connectivity index (χ4v) is 3.51. The molecule has 7 heteroatoms. The maximum atomic E-state index is 11.4. The average molecular weight is 416 g/mol. The van der Waals surface area contributed by atoms with Crippen molar-refractivity contribution in [2.24, 2.45) is 0 Å². The molecule has 2 aromatic carbocycles. The van der Waals surface area contributed by atoms with Crippen molar-refractivity contribution < 1.29 is 28.9 Å². The van der Waals surface area contributed by atoms with Crippen LogP contribution in [0.15, 0.2) is 48.5 Å². The molecule has 2 aromatic rings. The molecule has 1 atom stereocenters. The summed E-state index contributed by atoms with van der Waals surface area (Å²) in [7, 11) is 1.50. The molecule has 0 heterocycles. The lowest BCUT2D eigenvalue weighted by atomic mass is 10.1. The van der Waals surface area contributed by atoms with Crippen LogP contribution in [0, 0.1) is 0 Å². The molecule has 6 nitrogen and oxygen atoms in total. The summed E-state index contributed by atoms with van der Waals surface area (Å²) >= 11 is 1.60. The van der Waals surface area contributed by atoms with Crippen LogP contribution in [-0.4, -0.2) is 36.5 Å². The van der Waals surface area contributed by atoms with Crippen molar-refractivity contribution >= 4 is 29.8 Å². The second kappa shape index (κ2) is 11.3. The van der Waals surface area contributed by atoms with Crippen molar-refractivity contribution in [2.45, 2.75) is 19.1 Å². The van der Waals surface area contributed by atoms with Gasteiger partial charge in [0, 0.05) is 36.5 Å². The average Bonchev–Trinajstić information content (AvgIpc) is 2.69. The summed E-state index contributed by atoms with van der Waals surface area (Å²) in [5, 5.41) is 9.21. The van der Waals surface area contributed by atoms with Gasteiger partial charge in [-0.25, -0.2) is 0 Å². The molecule has 0 aromatic heterocycles. The first-order chi connectivity index (χ1) is 13.9. The first kappa shape index (κ1) is 22.5. The van der Waals surface area contributed by atoms with Gasteiger partial charge in [0.2, 0.25) is 0 Å². The number of hydrogen-bond donors (Lipinski definition) is 1. The highest BCUT2D eigenvalue weighted by Gasteiger charge is 2.16. The Morgan fingerprint density at radius 1 is 1.03 bits per heavy atom. The Balaban J connectivity index is 2.42. The number of carbonyl (C=O) groups excluding carboxylic acids is 2. The summed E-state index contributed by atoms with van der Waals surface area (Å²) < 4.78 is 15.8. The van der Waals surface area contributed by atoms with E-state index < -0.39 is 11.9 Å². The van der Waals surface area contributed by atoms with E-state index in [9.17, 15) is 14.7 Å². The number of methoxy groups -OCH3 is 1. The summed E-state index contributed by atoms with van der Waals surface area (Å²) in [6, 6.07) is 13.0. The number of ether oxygens (including phenoxy) is 3. The monoisotopic (exact) mass is 416 g/mol. The largest absolute Gasteiger partial charge is 0.496 e. The molecule has 1 N–H and O–H groups in total. The van der Waals surface area contributed by atoms with Gasteiger partial charge in [-0.1, -0.05) is 42.5 Å². The molecule has 0 amide bonds. The lowest BCUT2D eigenvalue weighted by molar-refractivity contribution is -0.134. The molecule has 0 bridgehead atoms. The zero-order chi connectivity index (χ0) is 21.2. The number of benzene rings is 2. The molecule has 0 spiro atoms. The van der Waals surface area contributed by atoms with Crippen molar-refractivity contribution in [3.63, 3.8) is 0 Å². The van der Waals surface area contributed by atoms with E-state index in [0.29, 0.717) is 17.1 Å². The van der Waals surface area contributed by atoms with Gasteiger partial charge < -0.3 is 19.3 Å². The normalized spacial score (nSPS) is 11.9. The lowest BCUT2D eigenvalue weighted by Gasteiger charge is -2.15. The van der Waals surface area contributed by atoms with Gasteiger partial charge in [-0.15, -0.1) is 11.8 Å². The Hall–Kier alpha value is -2.77. The molecule has 154 valence electrons. The van der Waals surface area contributed by atoms with Crippen LogP contribution in [0.4, 0.5) is 0 Å². The zero-order valence-electron chi connectivity index (χ0n) is 16.6. The summed E-state index contributed by atoms with van der Waals surface area (Å²) in [5.41, 5.74) is 1.75. The van der Waals surface area contributed by atoms with Crippen LogP contribution in [0.5, 0.6) is 17.2 Å². The smallest absolute Gasteiger partial charge is 0.308 e. The molecular weight excluding hydrogens is 392 g/mol. The molecule has 0 aliphatic rings. The molecule has 0 radical (unpaired) electrons. The van der Waals surface area contributed by atoms with Gasteiger partial charge in [0.1, 0.15) is 5.75 Å². The highest BCUT2D eigenvalue weighted by atomic mass is 32.2. The van der Waals surface area contributed by atoms with E-state index >= 15 is 0 Å². The maximum absolute atomic E-state index is 11.4. The highest BCUT2D eigenvalue weighted by molar-refractivity contribution is 7.99. The van der Waals surface area contributed by atoms with Gasteiger partial charge in [0.05, 0.1) is 13.7 Å². The van der Waals surface area contributed by atoms with Crippen molar-refractivity contribution in [2.75, 3.05) is 19.5 Å². The SMILES string of the molecule is COc1cc(OC(C)=O)c(OC(C)=O)cc1/C=C/C(SCCO)c1ccccc1. The Bertz CT molecular complexity index is 863. The highest BCUT2D eigenvalue weighted by Crippen LogP contribution is 2.37. The van der Waals surface area contributed by atoms with Gasteiger partial charge in [-0.05, 0) is 11.6 Å². The predicted molar refractivity (Wildman–Crippen MR) is 113 cm³/mol. The quantitative estimate of drug-likeness (QED) is 0.488. The minimum Gasteiger partial charge on any atom is -0.496 e. The van der Waals surface area contributed by atoms with E-state index in [1.54, 1.807) is 17.8 Å². The number of esters is 2. The molecule has 1 unspecified atom stereocenters. The molecule has 0 fully saturated rings. The fourth-order valence-electron chi connectivity index (χ4n) is 2.61. The molecule has 0 saturated carbocycles. The van der Waals surface area contributed by atoms with E-state index in [1.807, 2.05) is 42.5 Å². The third-order valence-corrected chi connectivity index (χ3v) is 4.98. The van der Waals surface area contributed by atoms with Crippen LogP contribution in [0.3, 0.4) is 0 Å².